The number of aromatic nitrogens is 3. The van der Waals surface area contributed by atoms with Crippen LogP contribution in [-0.4, -0.2) is 42.3 Å². The molecular weight excluding hydrogens is 302 g/mol. The standard InChI is InChI=1S/C14H21N3O4Si/c1-20-12-11(9-18)5-6-16-13(12)15-17(14(16)19)10-21-7-8-22(2,3)4/h5-6,9H,7-8,10H2,1-4H3. The molecular formula is C14H21N3O4Si. The van der Waals surface area contributed by atoms with Crippen molar-refractivity contribution in [2.45, 2.75) is 32.4 Å². The number of carbonyl (C=O) groups is 1. The summed E-state index contributed by atoms with van der Waals surface area (Å²) in [6.45, 7) is 7.48. The van der Waals surface area contributed by atoms with Crippen molar-refractivity contribution >= 4 is 20.0 Å². The Balaban J connectivity index is 2.23. The summed E-state index contributed by atoms with van der Waals surface area (Å²) in [4.78, 5) is 23.2. The van der Waals surface area contributed by atoms with Crippen molar-refractivity contribution < 1.29 is 14.3 Å². The van der Waals surface area contributed by atoms with Crippen molar-refractivity contribution in [3.8, 4) is 5.75 Å². The van der Waals surface area contributed by atoms with E-state index in [2.05, 4.69) is 24.7 Å². The van der Waals surface area contributed by atoms with Gasteiger partial charge in [-0.15, -0.1) is 5.10 Å². The Morgan fingerprint density at radius 2 is 2.09 bits per heavy atom. The zero-order chi connectivity index (χ0) is 16.3. The van der Waals surface area contributed by atoms with E-state index in [0.717, 1.165) is 6.04 Å². The Labute approximate surface area is 129 Å². The van der Waals surface area contributed by atoms with E-state index in [4.69, 9.17) is 9.47 Å². The maximum atomic E-state index is 12.2. The van der Waals surface area contributed by atoms with Crippen molar-refractivity contribution in [3.63, 3.8) is 0 Å². The minimum atomic E-state index is -1.16. The molecule has 0 aliphatic rings. The topological polar surface area (TPSA) is 74.8 Å². The lowest BCUT2D eigenvalue weighted by Crippen LogP contribution is -2.25. The van der Waals surface area contributed by atoms with Gasteiger partial charge in [-0.3, -0.25) is 4.79 Å². The third-order valence-electron chi connectivity index (χ3n) is 3.28. The third-order valence-corrected chi connectivity index (χ3v) is 4.98. The summed E-state index contributed by atoms with van der Waals surface area (Å²) >= 11 is 0. The molecule has 0 fully saturated rings. The molecule has 0 spiro atoms. The summed E-state index contributed by atoms with van der Waals surface area (Å²) in [5, 5.41) is 4.20. The molecule has 2 aromatic rings. The smallest absolute Gasteiger partial charge is 0.352 e. The van der Waals surface area contributed by atoms with E-state index in [1.807, 2.05) is 0 Å². The van der Waals surface area contributed by atoms with Gasteiger partial charge in [-0.1, -0.05) is 19.6 Å². The molecule has 2 heterocycles. The highest BCUT2D eigenvalue weighted by molar-refractivity contribution is 6.76. The lowest BCUT2D eigenvalue weighted by molar-refractivity contribution is 0.0761. The number of nitrogens with zero attached hydrogens (tertiary/aromatic N) is 3. The van der Waals surface area contributed by atoms with E-state index in [1.54, 1.807) is 0 Å². The minimum absolute atomic E-state index is 0.0879. The SMILES string of the molecule is COc1c(C=O)ccn2c(=O)n(COCC[Si](C)(C)C)nc12. The fourth-order valence-electron chi connectivity index (χ4n) is 1.98. The van der Waals surface area contributed by atoms with Crippen LogP contribution in [0.1, 0.15) is 10.4 Å². The van der Waals surface area contributed by atoms with Crippen molar-refractivity contribution in [1.82, 2.24) is 14.2 Å². The highest BCUT2D eigenvalue weighted by atomic mass is 28.3. The number of hydrogen-bond acceptors (Lipinski definition) is 5. The number of pyridine rings is 1. The normalized spacial score (nSPS) is 11.8. The maximum absolute atomic E-state index is 12.2. The molecule has 2 rings (SSSR count). The van der Waals surface area contributed by atoms with Gasteiger partial charge in [0, 0.05) is 20.9 Å². The fraction of sp³-hybridized carbons (Fsp3) is 0.500. The van der Waals surface area contributed by atoms with Gasteiger partial charge in [0.05, 0.1) is 12.7 Å². The molecule has 0 amide bonds. The average molecular weight is 323 g/mol. The van der Waals surface area contributed by atoms with E-state index in [0.29, 0.717) is 24.1 Å². The second-order valence-electron chi connectivity index (χ2n) is 6.25. The molecule has 0 aliphatic carbocycles. The summed E-state index contributed by atoms with van der Waals surface area (Å²) in [6.07, 6.45) is 2.18. The minimum Gasteiger partial charge on any atom is -0.492 e. The lowest BCUT2D eigenvalue weighted by atomic mass is 10.2. The number of carbonyl (C=O) groups excluding carboxylic acids is 1. The summed E-state index contributed by atoms with van der Waals surface area (Å²) in [5.41, 5.74) is 0.344. The molecule has 0 radical (unpaired) electrons. The number of methoxy groups -OCH3 is 1. The molecule has 0 N–H and O–H groups in total. The molecule has 2 aromatic heterocycles. The Morgan fingerprint density at radius 3 is 2.68 bits per heavy atom. The van der Waals surface area contributed by atoms with Gasteiger partial charge >= 0.3 is 5.69 Å². The zero-order valence-corrected chi connectivity index (χ0v) is 14.3. The van der Waals surface area contributed by atoms with Crippen LogP contribution in [-0.2, 0) is 11.5 Å². The van der Waals surface area contributed by atoms with Crippen molar-refractivity contribution in [1.29, 1.82) is 0 Å². The van der Waals surface area contributed by atoms with Crippen LogP contribution < -0.4 is 10.4 Å². The number of hydrogen-bond donors (Lipinski definition) is 0. The van der Waals surface area contributed by atoms with Crippen molar-refractivity contribution in [3.05, 3.63) is 28.3 Å². The molecule has 0 saturated heterocycles. The first-order chi connectivity index (χ1) is 10.4. The third kappa shape index (κ3) is 3.45. The summed E-state index contributed by atoms with van der Waals surface area (Å²) in [7, 11) is 0.276. The van der Waals surface area contributed by atoms with Crippen LogP contribution in [0.25, 0.3) is 5.65 Å². The molecule has 7 nitrogen and oxygen atoms in total. The quantitative estimate of drug-likeness (QED) is 0.440. The summed E-state index contributed by atoms with van der Waals surface area (Å²) < 4.78 is 13.3. The second kappa shape index (κ2) is 6.45. The van der Waals surface area contributed by atoms with Gasteiger partial charge in [-0.2, -0.15) is 4.68 Å². The van der Waals surface area contributed by atoms with E-state index < -0.39 is 8.07 Å². The fourth-order valence-corrected chi connectivity index (χ4v) is 2.74. The first-order valence-corrected chi connectivity index (χ1v) is 10.8. The van der Waals surface area contributed by atoms with Gasteiger partial charge < -0.3 is 9.47 Å². The average Bonchev–Trinajstić information content (AvgIpc) is 2.78. The number of fused-ring (bicyclic) bond motifs is 1. The van der Waals surface area contributed by atoms with Gasteiger partial charge in [0.2, 0.25) is 5.65 Å². The predicted molar refractivity (Wildman–Crippen MR) is 85.5 cm³/mol. The molecule has 0 saturated carbocycles. The van der Waals surface area contributed by atoms with Gasteiger partial charge in [-0.25, -0.2) is 9.20 Å². The highest BCUT2D eigenvalue weighted by Gasteiger charge is 2.16. The van der Waals surface area contributed by atoms with Crippen LogP contribution >= 0.6 is 0 Å². The van der Waals surface area contributed by atoms with Crippen LogP contribution in [0.3, 0.4) is 0 Å². The van der Waals surface area contributed by atoms with Crippen LogP contribution in [0.5, 0.6) is 5.75 Å². The Morgan fingerprint density at radius 1 is 1.36 bits per heavy atom. The van der Waals surface area contributed by atoms with E-state index in [-0.39, 0.29) is 18.2 Å². The van der Waals surface area contributed by atoms with Crippen LogP contribution in [0.15, 0.2) is 17.1 Å². The molecule has 0 bridgehead atoms. The Kier molecular flexibility index (Phi) is 4.82. The Hall–Kier alpha value is -1.93. The molecule has 0 aliphatic heterocycles. The lowest BCUT2D eigenvalue weighted by Gasteiger charge is -2.14. The van der Waals surface area contributed by atoms with Gasteiger partial charge in [0.25, 0.3) is 0 Å². The highest BCUT2D eigenvalue weighted by Crippen LogP contribution is 2.20. The van der Waals surface area contributed by atoms with Gasteiger partial charge in [0.15, 0.2) is 12.0 Å². The summed E-state index contributed by atoms with van der Waals surface area (Å²) in [5.74, 6) is 0.287. The number of rotatable bonds is 7. The van der Waals surface area contributed by atoms with Crippen LogP contribution in [0.2, 0.25) is 25.7 Å². The zero-order valence-electron chi connectivity index (χ0n) is 13.3. The van der Waals surface area contributed by atoms with Crippen LogP contribution in [0, 0.1) is 0 Å². The van der Waals surface area contributed by atoms with E-state index in [9.17, 15) is 9.59 Å². The monoisotopic (exact) mass is 323 g/mol. The molecule has 8 heteroatoms. The van der Waals surface area contributed by atoms with E-state index in [1.165, 1.54) is 28.5 Å². The van der Waals surface area contributed by atoms with Crippen molar-refractivity contribution in [2.75, 3.05) is 13.7 Å². The molecule has 22 heavy (non-hydrogen) atoms. The van der Waals surface area contributed by atoms with Gasteiger partial charge in [0.1, 0.15) is 6.73 Å². The van der Waals surface area contributed by atoms with Gasteiger partial charge in [-0.05, 0) is 12.1 Å². The number of ether oxygens (including phenoxy) is 2. The predicted octanol–water partition coefficient (Wildman–Crippen LogP) is 1.63. The molecule has 0 aromatic carbocycles. The first-order valence-electron chi connectivity index (χ1n) is 7.06. The first kappa shape index (κ1) is 16.4. The van der Waals surface area contributed by atoms with E-state index >= 15 is 0 Å². The van der Waals surface area contributed by atoms with Crippen molar-refractivity contribution in [2.24, 2.45) is 0 Å². The summed E-state index contributed by atoms with van der Waals surface area (Å²) in [6, 6.07) is 2.55. The maximum Gasteiger partial charge on any atom is 0.352 e. The molecule has 0 atom stereocenters. The molecule has 0 unspecified atom stereocenters. The van der Waals surface area contributed by atoms with Crippen LogP contribution in [0.4, 0.5) is 0 Å². The molecule has 120 valence electrons. The largest absolute Gasteiger partial charge is 0.492 e. The number of aldehydes is 1. The Bertz CT molecular complexity index is 730. The second-order valence-corrected chi connectivity index (χ2v) is 11.9.